The SMILES string of the molecule is Cc1cc(NC(C)(C)CO)c(C#N)c(C)n1. The van der Waals surface area contributed by atoms with Crippen molar-refractivity contribution in [1.29, 1.82) is 5.26 Å². The van der Waals surface area contributed by atoms with Gasteiger partial charge in [-0.1, -0.05) is 0 Å². The third kappa shape index (κ3) is 2.71. The normalized spacial score (nSPS) is 11.0. The molecule has 0 unspecified atom stereocenters. The number of hydrogen-bond donors (Lipinski definition) is 2. The molecule has 1 heterocycles. The highest BCUT2D eigenvalue weighted by Crippen LogP contribution is 2.22. The number of hydrogen-bond acceptors (Lipinski definition) is 4. The fourth-order valence-electron chi connectivity index (χ4n) is 1.47. The van der Waals surface area contributed by atoms with Crippen molar-refractivity contribution in [2.24, 2.45) is 0 Å². The van der Waals surface area contributed by atoms with Gasteiger partial charge in [0, 0.05) is 5.69 Å². The van der Waals surface area contributed by atoms with Gasteiger partial charge in [-0.2, -0.15) is 5.26 Å². The molecule has 0 atom stereocenters. The Labute approximate surface area is 95.9 Å². The predicted molar refractivity (Wildman–Crippen MR) is 63.2 cm³/mol. The Morgan fingerprint density at radius 2 is 2.12 bits per heavy atom. The van der Waals surface area contributed by atoms with E-state index in [0.29, 0.717) is 11.3 Å². The Kier molecular flexibility index (Phi) is 3.51. The van der Waals surface area contributed by atoms with Gasteiger partial charge in [-0.15, -0.1) is 0 Å². The largest absolute Gasteiger partial charge is 0.394 e. The number of aliphatic hydroxyl groups excluding tert-OH is 1. The summed E-state index contributed by atoms with van der Waals surface area (Å²) in [4.78, 5) is 4.24. The van der Waals surface area contributed by atoms with E-state index in [2.05, 4.69) is 16.4 Å². The first kappa shape index (κ1) is 12.5. The molecule has 0 saturated carbocycles. The van der Waals surface area contributed by atoms with Crippen molar-refractivity contribution in [3.63, 3.8) is 0 Å². The minimum absolute atomic E-state index is 0.00170. The van der Waals surface area contributed by atoms with Gasteiger partial charge >= 0.3 is 0 Å². The number of rotatable bonds is 3. The highest BCUT2D eigenvalue weighted by atomic mass is 16.3. The highest BCUT2D eigenvalue weighted by Gasteiger charge is 2.18. The van der Waals surface area contributed by atoms with Crippen LogP contribution in [0, 0.1) is 25.2 Å². The molecular formula is C12H17N3O. The molecule has 86 valence electrons. The lowest BCUT2D eigenvalue weighted by atomic mass is 10.0. The summed E-state index contributed by atoms with van der Waals surface area (Å²) in [5.74, 6) is 0. The number of nitrogens with one attached hydrogen (secondary N) is 1. The lowest BCUT2D eigenvalue weighted by Gasteiger charge is -2.26. The van der Waals surface area contributed by atoms with Crippen LogP contribution < -0.4 is 5.32 Å². The molecule has 16 heavy (non-hydrogen) atoms. The standard InChI is InChI=1S/C12H17N3O/c1-8-5-11(15-12(3,4)7-16)10(6-13)9(2)14-8/h5,16H,7H2,1-4H3,(H,14,15). The number of aromatic nitrogens is 1. The third-order valence-corrected chi connectivity index (χ3v) is 2.31. The van der Waals surface area contributed by atoms with Crippen LogP contribution in [0.4, 0.5) is 5.69 Å². The van der Waals surface area contributed by atoms with Gasteiger partial charge in [0.15, 0.2) is 0 Å². The number of nitriles is 1. The van der Waals surface area contributed by atoms with Gasteiger partial charge in [0.05, 0.1) is 29.1 Å². The second-order valence-corrected chi connectivity index (χ2v) is 4.55. The van der Waals surface area contributed by atoms with Crippen LogP contribution in [0.1, 0.15) is 30.8 Å². The second-order valence-electron chi connectivity index (χ2n) is 4.55. The van der Waals surface area contributed by atoms with Crippen LogP contribution in [0.15, 0.2) is 6.07 Å². The predicted octanol–water partition coefficient (Wildman–Crippen LogP) is 1.75. The molecule has 1 aromatic rings. The lowest BCUT2D eigenvalue weighted by Crippen LogP contribution is -2.35. The van der Waals surface area contributed by atoms with E-state index in [-0.39, 0.29) is 6.61 Å². The zero-order valence-electron chi connectivity index (χ0n) is 10.1. The molecule has 0 saturated heterocycles. The van der Waals surface area contributed by atoms with E-state index >= 15 is 0 Å². The Morgan fingerprint density at radius 3 is 2.62 bits per heavy atom. The molecule has 0 aliphatic heterocycles. The van der Waals surface area contributed by atoms with Crippen molar-refractivity contribution in [3.05, 3.63) is 23.0 Å². The summed E-state index contributed by atoms with van der Waals surface area (Å²) in [7, 11) is 0. The average molecular weight is 219 g/mol. The van der Waals surface area contributed by atoms with E-state index < -0.39 is 5.54 Å². The molecule has 0 aliphatic carbocycles. The number of pyridine rings is 1. The summed E-state index contributed by atoms with van der Waals surface area (Å²) in [6.45, 7) is 7.44. The Balaban J connectivity index is 3.18. The summed E-state index contributed by atoms with van der Waals surface area (Å²) in [6, 6.07) is 3.95. The summed E-state index contributed by atoms with van der Waals surface area (Å²) < 4.78 is 0. The topological polar surface area (TPSA) is 68.9 Å². The minimum Gasteiger partial charge on any atom is -0.394 e. The molecule has 2 N–H and O–H groups in total. The lowest BCUT2D eigenvalue weighted by molar-refractivity contribution is 0.234. The first-order valence-electron chi connectivity index (χ1n) is 5.17. The maximum absolute atomic E-state index is 9.20. The number of aryl methyl sites for hydroxylation is 2. The first-order chi connectivity index (χ1) is 7.39. The van der Waals surface area contributed by atoms with Crippen LogP contribution >= 0.6 is 0 Å². The molecule has 0 aromatic carbocycles. The van der Waals surface area contributed by atoms with Gasteiger partial charge in [-0.3, -0.25) is 4.98 Å². The summed E-state index contributed by atoms with van der Waals surface area (Å²) >= 11 is 0. The first-order valence-corrected chi connectivity index (χ1v) is 5.17. The van der Waals surface area contributed by atoms with Crippen molar-refractivity contribution in [2.45, 2.75) is 33.2 Å². The van der Waals surface area contributed by atoms with E-state index in [1.165, 1.54) is 0 Å². The van der Waals surface area contributed by atoms with E-state index in [1.807, 2.05) is 33.8 Å². The van der Waals surface area contributed by atoms with Gasteiger partial charge < -0.3 is 10.4 Å². The van der Waals surface area contributed by atoms with Crippen LogP contribution in [0.2, 0.25) is 0 Å². The van der Waals surface area contributed by atoms with Gasteiger partial charge in [0.2, 0.25) is 0 Å². The van der Waals surface area contributed by atoms with E-state index in [9.17, 15) is 5.11 Å². The molecule has 0 fully saturated rings. The second kappa shape index (κ2) is 4.50. The number of nitrogens with zero attached hydrogens (tertiary/aromatic N) is 2. The molecule has 1 aromatic heterocycles. The Hall–Kier alpha value is -1.60. The average Bonchev–Trinajstić information content (AvgIpc) is 2.16. The third-order valence-electron chi connectivity index (χ3n) is 2.31. The molecule has 0 spiro atoms. The summed E-state index contributed by atoms with van der Waals surface area (Å²) in [6.07, 6.45) is 0. The van der Waals surface area contributed by atoms with E-state index in [4.69, 9.17) is 5.26 Å². The fourth-order valence-corrected chi connectivity index (χ4v) is 1.47. The molecule has 0 radical (unpaired) electrons. The van der Waals surface area contributed by atoms with Crippen LogP contribution in [0.5, 0.6) is 0 Å². The molecule has 0 amide bonds. The van der Waals surface area contributed by atoms with E-state index in [0.717, 1.165) is 11.4 Å². The molecule has 0 aliphatic rings. The van der Waals surface area contributed by atoms with Crippen LogP contribution in [-0.4, -0.2) is 22.2 Å². The number of aliphatic hydroxyl groups is 1. The van der Waals surface area contributed by atoms with Crippen molar-refractivity contribution in [3.8, 4) is 6.07 Å². The monoisotopic (exact) mass is 219 g/mol. The zero-order valence-corrected chi connectivity index (χ0v) is 10.1. The van der Waals surface area contributed by atoms with Crippen molar-refractivity contribution in [1.82, 2.24) is 4.98 Å². The molecule has 1 rings (SSSR count). The van der Waals surface area contributed by atoms with E-state index in [1.54, 1.807) is 0 Å². The Bertz CT molecular complexity index is 433. The molecular weight excluding hydrogens is 202 g/mol. The smallest absolute Gasteiger partial charge is 0.103 e. The van der Waals surface area contributed by atoms with Crippen molar-refractivity contribution in [2.75, 3.05) is 11.9 Å². The molecule has 4 heteroatoms. The van der Waals surface area contributed by atoms with Crippen LogP contribution in [0.25, 0.3) is 0 Å². The van der Waals surface area contributed by atoms with Crippen LogP contribution in [-0.2, 0) is 0 Å². The van der Waals surface area contributed by atoms with Crippen molar-refractivity contribution < 1.29 is 5.11 Å². The van der Waals surface area contributed by atoms with Gasteiger partial charge in [-0.05, 0) is 33.8 Å². The minimum atomic E-state index is -0.453. The molecule has 4 nitrogen and oxygen atoms in total. The van der Waals surface area contributed by atoms with Crippen molar-refractivity contribution >= 4 is 5.69 Å². The van der Waals surface area contributed by atoms with Gasteiger partial charge in [0.25, 0.3) is 0 Å². The van der Waals surface area contributed by atoms with Gasteiger partial charge in [-0.25, -0.2) is 0 Å². The quantitative estimate of drug-likeness (QED) is 0.812. The molecule has 0 bridgehead atoms. The Morgan fingerprint density at radius 1 is 1.50 bits per heavy atom. The maximum Gasteiger partial charge on any atom is 0.103 e. The highest BCUT2D eigenvalue weighted by molar-refractivity contribution is 5.60. The van der Waals surface area contributed by atoms with Crippen LogP contribution in [0.3, 0.4) is 0 Å². The summed E-state index contributed by atoms with van der Waals surface area (Å²) in [5, 5.41) is 21.4. The van der Waals surface area contributed by atoms with Gasteiger partial charge in [0.1, 0.15) is 6.07 Å². The zero-order chi connectivity index (χ0) is 12.3. The number of anilines is 1. The maximum atomic E-state index is 9.20. The summed E-state index contributed by atoms with van der Waals surface area (Å²) in [5.41, 5.74) is 2.37. The fraction of sp³-hybridized carbons (Fsp3) is 0.500.